The molecule has 0 aliphatic rings. The van der Waals surface area contributed by atoms with Crippen LogP contribution in [0.15, 0.2) is 46.5 Å². The largest absolute Gasteiger partial charge is 0.313 e. The molecule has 0 atom stereocenters. The second-order valence-corrected chi connectivity index (χ2v) is 5.80. The van der Waals surface area contributed by atoms with E-state index >= 15 is 0 Å². The summed E-state index contributed by atoms with van der Waals surface area (Å²) in [7, 11) is 0. The number of aromatic nitrogens is 1. The molecule has 2 nitrogen and oxygen atoms in total. The third-order valence-electron chi connectivity index (χ3n) is 2.52. The fourth-order valence-electron chi connectivity index (χ4n) is 1.57. The van der Waals surface area contributed by atoms with Crippen LogP contribution in [0.25, 0.3) is 0 Å². The Labute approximate surface area is 127 Å². The van der Waals surface area contributed by atoms with E-state index in [1.807, 2.05) is 12.1 Å². The van der Waals surface area contributed by atoms with E-state index in [0.717, 1.165) is 28.6 Å². The predicted molar refractivity (Wildman–Crippen MR) is 82.2 cm³/mol. The van der Waals surface area contributed by atoms with Crippen molar-refractivity contribution in [3.05, 3.63) is 52.1 Å². The lowest BCUT2D eigenvalue weighted by atomic mass is 10.3. The summed E-state index contributed by atoms with van der Waals surface area (Å²) in [6, 6.07) is 9.46. The summed E-state index contributed by atoms with van der Waals surface area (Å²) >= 11 is 13.7. The van der Waals surface area contributed by atoms with Crippen LogP contribution in [0.4, 0.5) is 0 Å². The molecule has 1 aromatic heterocycles. The van der Waals surface area contributed by atoms with E-state index in [1.54, 1.807) is 18.3 Å². The third-order valence-corrected chi connectivity index (χ3v) is 4.31. The van der Waals surface area contributed by atoms with Gasteiger partial charge in [0.1, 0.15) is 5.03 Å². The average molecular weight is 313 g/mol. The van der Waals surface area contributed by atoms with E-state index in [-0.39, 0.29) is 0 Å². The maximum atomic E-state index is 6.18. The third kappa shape index (κ3) is 4.11. The number of halogens is 2. The molecule has 0 aliphatic carbocycles. The molecule has 0 spiro atoms. The molecule has 0 aliphatic heterocycles. The first-order chi connectivity index (χ1) is 9.20. The zero-order valence-corrected chi connectivity index (χ0v) is 12.8. The van der Waals surface area contributed by atoms with Crippen molar-refractivity contribution in [3.8, 4) is 0 Å². The highest BCUT2D eigenvalue weighted by atomic mass is 35.5. The molecular formula is C14H14Cl2N2S. The quantitative estimate of drug-likeness (QED) is 0.870. The van der Waals surface area contributed by atoms with Gasteiger partial charge in [0, 0.05) is 22.7 Å². The molecule has 0 saturated carbocycles. The molecule has 100 valence electrons. The Hall–Kier alpha value is -0.740. The lowest BCUT2D eigenvalue weighted by Crippen LogP contribution is -2.12. The molecule has 2 rings (SSSR count). The molecule has 1 N–H and O–H groups in total. The van der Waals surface area contributed by atoms with Gasteiger partial charge < -0.3 is 5.32 Å². The Bertz CT molecular complexity index is 561. The highest BCUT2D eigenvalue weighted by molar-refractivity contribution is 7.99. The minimum absolute atomic E-state index is 0.677. The van der Waals surface area contributed by atoms with Gasteiger partial charge in [-0.2, -0.15) is 0 Å². The zero-order valence-electron chi connectivity index (χ0n) is 10.5. The van der Waals surface area contributed by atoms with Gasteiger partial charge in [-0.05, 0) is 36.4 Å². The molecule has 0 bridgehead atoms. The van der Waals surface area contributed by atoms with Crippen LogP contribution in [0, 0.1) is 0 Å². The van der Waals surface area contributed by atoms with E-state index in [1.165, 1.54) is 11.8 Å². The van der Waals surface area contributed by atoms with Gasteiger partial charge in [-0.15, -0.1) is 0 Å². The van der Waals surface area contributed by atoms with E-state index in [0.29, 0.717) is 10.0 Å². The van der Waals surface area contributed by atoms with Crippen LogP contribution in [-0.2, 0) is 6.54 Å². The minimum atomic E-state index is 0.677. The molecule has 0 unspecified atom stereocenters. The number of hydrogen-bond acceptors (Lipinski definition) is 3. The summed E-state index contributed by atoms with van der Waals surface area (Å²) in [5.41, 5.74) is 1.16. The number of pyridine rings is 1. The molecule has 0 amide bonds. The van der Waals surface area contributed by atoms with Crippen molar-refractivity contribution in [3.63, 3.8) is 0 Å². The van der Waals surface area contributed by atoms with E-state index < -0.39 is 0 Å². The van der Waals surface area contributed by atoms with Crippen LogP contribution >= 0.6 is 35.0 Å². The maximum absolute atomic E-state index is 6.18. The minimum Gasteiger partial charge on any atom is -0.313 e. The number of rotatable bonds is 5. The van der Waals surface area contributed by atoms with E-state index in [9.17, 15) is 0 Å². The van der Waals surface area contributed by atoms with Crippen LogP contribution in [0.3, 0.4) is 0 Å². The monoisotopic (exact) mass is 312 g/mol. The first-order valence-corrected chi connectivity index (χ1v) is 7.55. The molecular weight excluding hydrogens is 299 g/mol. The fourth-order valence-corrected chi connectivity index (χ4v) is 2.98. The number of nitrogens with zero attached hydrogens (tertiary/aromatic N) is 1. The van der Waals surface area contributed by atoms with Crippen LogP contribution in [0.2, 0.25) is 10.0 Å². The highest BCUT2D eigenvalue weighted by Crippen LogP contribution is 2.35. The lowest BCUT2D eigenvalue weighted by molar-refractivity contribution is 0.711. The summed E-state index contributed by atoms with van der Waals surface area (Å²) < 4.78 is 0. The second-order valence-electron chi connectivity index (χ2n) is 3.92. The van der Waals surface area contributed by atoms with Crippen molar-refractivity contribution >= 4 is 35.0 Å². The van der Waals surface area contributed by atoms with Gasteiger partial charge in [-0.3, -0.25) is 0 Å². The van der Waals surface area contributed by atoms with Crippen molar-refractivity contribution < 1.29 is 0 Å². The van der Waals surface area contributed by atoms with E-state index in [4.69, 9.17) is 23.2 Å². The van der Waals surface area contributed by atoms with Gasteiger partial charge >= 0.3 is 0 Å². The predicted octanol–water partition coefficient (Wildman–Crippen LogP) is 4.65. The van der Waals surface area contributed by atoms with Crippen molar-refractivity contribution in [1.29, 1.82) is 0 Å². The Morgan fingerprint density at radius 2 is 2.11 bits per heavy atom. The summed E-state index contributed by atoms with van der Waals surface area (Å²) in [6.07, 6.45) is 1.79. The first kappa shape index (κ1) is 14.7. The van der Waals surface area contributed by atoms with Crippen molar-refractivity contribution in [1.82, 2.24) is 10.3 Å². The Kier molecular flexibility index (Phi) is 5.52. The standard InChI is InChI=1S/C14H14Cl2N2S/c1-2-17-9-10-4-3-7-18-14(10)19-13-8-11(15)5-6-12(13)16/h3-8,17H,2,9H2,1H3. The SMILES string of the molecule is CCNCc1cccnc1Sc1cc(Cl)ccc1Cl. The molecule has 2 aromatic rings. The molecule has 0 saturated heterocycles. The zero-order chi connectivity index (χ0) is 13.7. The Morgan fingerprint density at radius 1 is 1.26 bits per heavy atom. The normalized spacial score (nSPS) is 10.7. The van der Waals surface area contributed by atoms with Crippen molar-refractivity contribution in [2.24, 2.45) is 0 Å². The average Bonchev–Trinajstić information content (AvgIpc) is 2.42. The Morgan fingerprint density at radius 3 is 2.89 bits per heavy atom. The van der Waals surface area contributed by atoms with Crippen molar-refractivity contribution in [2.75, 3.05) is 6.54 Å². The smallest absolute Gasteiger partial charge is 0.105 e. The van der Waals surface area contributed by atoms with Gasteiger partial charge in [0.25, 0.3) is 0 Å². The van der Waals surface area contributed by atoms with Gasteiger partial charge in [0.2, 0.25) is 0 Å². The molecule has 1 heterocycles. The molecule has 5 heteroatoms. The van der Waals surface area contributed by atoms with Crippen LogP contribution in [0.5, 0.6) is 0 Å². The second kappa shape index (κ2) is 7.15. The Balaban J connectivity index is 2.25. The molecule has 0 fully saturated rings. The topological polar surface area (TPSA) is 24.9 Å². The van der Waals surface area contributed by atoms with Crippen LogP contribution in [0.1, 0.15) is 12.5 Å². The summed E-state index contributed by atoms with van der Waals surface area (Å²) in [4.78, 5) is 5.34. The van der Waals surface area contributed by atoms with Gasteiger partial charge in [-0.25, -0.2) is 4.98 Å². The van der Waals surface area contributed by atoms with Crippen molar-refractivity contribution in [2.45, 2.75) is 23.4 Å². The number of benzene rings is 1. The summed E-state index contributed by atoms with van der Waals surface area (Å²) in [5, 5.41) is 5.62. The van der Waals surface area contributed by atoms with Crippen LogP contribution < -0.4 is 5.32 Å². The van der Waals surface area contributed by atoms with Crippen LogP contribution in [-0.4, -0.2) is 11.5 Å². The molecule has 0 radical (unpaired) electrons. The number of nitrogens with one attached hydrogen (secondary N) is 1. The van der Waals surface area contributed by atoms with Gasteiger partial charge in [0.15, 0.2) is 0 Å². The fraction of sp³-hybridized carbons (Fsp3) is 0.214. The van der Waals surface area contributed by atoms with E-state index in [2.05, 4.69) is 23.3 Å². The number of hydrogen-bond donors (Lipinski definition) is 1. The summed E-state index contributed by atoms with van der Waals surface area (Å²) in [5.74, 6) is 0. The van der Waals surface area contributed by atoms with Gasteiger partial charge in [-0.1, -0.05) is 48.0 Å². The first-order valence-electron chi connectivity index (χ1n) is 5.98. The molecule has 1 aromatic carbocycles. The highest BCUT2D eigenvalue weighted by Gasteiger charge is 2.08. The summed E-state index contributed by atoms with van der Waals surface area (Å²) in [6.45, 7) is 3.80. The lowest BCUT2D eigenvalue weighted by Gasteiger charge is -2.09. The molecule has 19 heavy (non-hydrogen) atoms. The maximum Gasteiger partial charge on any atom is 0.105 e. The van der Waals surface area contributed by atoms with Gasteiger partial charge in [0.05, 0.1) is 5.02 Å².